The molecule has 1 aromatic rings. The Morgan fingerprint density at radius 2 is 2.21 bits per heavy atom. The van der Waals surface area contributed by atoms with Crippen LogP contribution in [0.2, 0.25) is 0 Å². The van der Waals surface area contributed by atoms with E-state index in [0.29, 0.717) is 16.0 Å². The summed E-state index contributed by atoms with van der Waals surface area (Å²) in [4.78, 5) is 15.1. The minimum Gasteiger partial charge on any atom is -0.494 e. The molecule has 14 heavy (non-hydrogen) atoms. The number of halogens is 1. The monoisotopic (exact) mass is 259 g/mol. The topological polar surface area (TPSA) is 48.4 Å². The lowest BCUT2D eigenvalue weighted by molar-refractivity contribution is -0.139. The number of esters is 1. The van der Waals surface area contributed by atoms with Crippen molar-refractivity contribution in [2.45, 2.75) is 6.42 Å². The third-order valence-corrected chi connectivity index (χ3v) is 2.21. The number of methoxy groups -OCH3 is 2. The summed E-state index contributed by atoms with van der Waals surface area (Å²) in [6.45, 7) is 0. The summed E-state index contributed by atoms with van der Waals surface area (Å²) in [6.07, 6.45) is 0.166. The zero-order valence-corrected chi connectivity index (χ0v) is 9.50. The van der Waals surface area contributed by atoms with Crippen LogP contribution in [-0.4, -0.2) is 25.2 Å². The molecule has 0 aliphatic carbocycles. The number of carbonyl (C=O) groups excluding carboxylic acids is 1. The molecule has 5 heteroatoms. The van der Waals surface area contributed by atoms with Crippen LogP contribution >= 0.6 is 15.9 Å². The number of ether oxygens (including phenoxy) is 2. The van der Waals surface area contributed by atoms with Gasteiger partial charge in [-0.05, 0) is 28.1 Å². The van der Waals surface area contributed by atoms with Crippen molar-refractivity contribution in [3.8, 4) is 5.75 Å². The highest BCUT2D eigenvalue weighted by Gasteiger charge is 2.07. The molecule has 0 saturated carbocycles. The van der Waals surface area contributed by atoms with Gasteiger partial charge in [0.05, 0.1) is 26.3 Å². The SMILES string of the molecule is COC(=O)Cc1ccc(OC)c(Br)n1. The number of hydrogen-bond donors (Lipinski definition) is 0. The van der Waals surface area contributed by atoms with E-state index in [4.69, 9.17) is 4.74 Å². The van der Waals surface area contributed by atoms with Gasteiger partial charge in [-0.15, -0.1) is 0 Å². The summed E-state index contributed by atoms with van der Waals surface area (Å²) in [6, 6.07) is 3.47. The lowest BCUT2D eigenvalue weighted by Crippen LogP contribution is -2.06. The molecule has 1 rings (SSSR count). The average molecular weight is 260 g/mol. The molecular formula is C9H10BrNO3. The Morgan fingerprint density at radius 3 is 2.71 bits per heavy atom. The van der Waals surface area contributed by atoms with Gasteiger partial charge in [0.25, 0.3) is 0 Å². The smallest absolute Gasteiger partial charge is 0.311 e. The fourth-order valence-corrected chi connectivity index (χ4v) is 1.45. The average Bonchev–Trinajstić information content (AvgIpc) is 2.18. The molecule has 0 bridgehead atoms. The Balaban J connectivity index is 2.81. The van der Waals surface area contributed by atoms with E-state index in [-0.39, 0.29) is 12.4 Å². The van der Waals surface area contributed by atoms with E-state index in [1.165, 1.54) is 7.11 Å². The second kappa shape index (κ2) is 4.95. The lowest BCUT2D eigenvalue weighted by atomic mass is 10.3. The van der Waals surface area contributed by atoms with Gasteiger partial charge in [0.2, 0.25) is 0 Å². The van der Waals surface area contributed by atoms with E-state index in [9.17, 15) is 4.79 Å². The van der Waals surface area contributed by atoms with Gasteiger partial charge in [-0.1, -0.05) is 0 Å². The Morgan fingerprint density at radius 1 is 1.50 bits per heavy atom. The maximum atomic E-state index is 10.9. The number of nitrogens with zero attached hydrogens (tertiary/aromatic N) is 1. The normalized spacial score (nSPS) is 9.64. The van der Waals surface area contributed by atoms with Crippen LogP contribution in [0.5, 0.6) is 5.75 Å². The van der Waals surface area contributed by atoms with Crippen molar-refractivity contribution in [3.05, 3.63) is 22.4 Å². The van der Waals surface area contributed by atoms with E-state index in [1.807, 2.05) is 0 Å². The molecule has 0 aromatic carbocycles. The van der Waals surface area contributed by atoms with Crippen LogP contribution in [0.15, 0.2) is 16.7 Å². The van der Waals surface area contributed by atoms with Gasteiger partial charge in [0.1, 0.15) is 4.60 Å². The molecule has 0 fully saturated rings. The van der Waals surface area contributed by atoms with E-state index in [1.54, 1.807) is 19.2 Å². The summed E-state index contributed by atoms with van der Waals surface area (Å²) in [5.41, 5.74) is 0.643. The van der Waals surface area contributed by atoms with Crippen molar-refractivity contribution in [2.75, 3.05) is 14.2 Å². The third kappa shape index (κ3) is 2.70. The van der Waals surface area contributed by atoms with Crippen LogP contribution in [-0.2, 0) is 16.0 Å². The third-order valence-electron chi connectivity index (χ3n) is 1.65. The molecule has 0 unspecified atom stereocenters. The van der Waals surface area contributed by atoms with E-state index < -0.39 is 0 Å². The van der Waals surface area contributed by atoms with Crippen LogP contribution in [0.3, 0.4) is 0 Å². The fraction of sp³-hybridized carbons (Fsp3) is 0.333. The van der Waals surface area contributed by atoms with Crippen molar-refractivity contribution in [1.29, 1.82) is 0 Å². The fourth-order valence-electron chi connectivity index (χ4n) is 0.930. The first kappa shape index (κ1) is 11.0. The Kier molecular flexibility index (Phi) is 3.88. The second-order valence-corrected chi connectivity index (χ2v) is 3.30. The first-order valence-electron chi connectivity index (χ1n) is 3.93. The molecule has 0 spiro atoms. The van der Waals surface area contributed by atoms with Crippen LogP contribution < -0.4 is 4.74 Å². The van der Waals surface area contributed by atoms with Crippen molar-refractivity contribution in [3.63, 3.8) is 0 Å². The molecule has 1 aromatic heterocycles. The van der Waals surface area contributed by atoms with Gasteiger partial charge in [-0.25, -0.2) is 4.98 Å². The standard InChI is InChI=1S/C9H10BrNO3/c1-13-7-4-3-6(11-9(7)10)5-8(12)14-2/h3-4H,5H2,1-2H3. The second-order valence-electron chi connectivity index (χ2n) is 2.55. The van der Waals surface area contributed by atoms with Crippen molar-refractivity contribution < 1.29 is 14.3 Å². The van der Waals surface area contributed by atoms with Gasteiger partial charge >= 0.3 is 5.97 Å². The van der Waals surface area contributed by atoms with E-state index in [0.717, 1.165) is 0 Å². The summed E-state index contributed by atoms with van der Waals surface area (Å²) in [7, 11) is 2.91. The molecule has 1 heterocycles. The minimum atomic E-state index is -0.311. The number of rotatable bonds is 3. The molecule has 0 aliphatic heterocycles. The highest BCUT2D eigenvalue weighted by Crippen LogP contribution is 2.22. The number of hydrogen-bond acceptors (Lipinski definition) is 4. The molecule has 0 radical (unpaired) electrons. The largest absolute Gasteiger partial charge is 0.494 e. The maximum Gasteiger partial charge on any atom is 0.311 e. The molecular weight excluding hydrogens is 250 g/mol. The highest BCUT2D eigenvalue weighted by molar-refractivity contribution is 9.10. The van der Waals surface area contributed by atoms with Crippen molar-refractivity contribution in [1.82, 2.24) is 4.98 Å². The van der Waals surface area contributed by atoms with Gasteiger partial charge in [0, 0.05) is 0 Å². The molecule has 0 atom stereocenters. The van der Waals surface area contributed by atoms with Crippen LogP contribution in [0, 0.1) is 0 Å². The summed E-state index contributed by atoms with van der Waals surface area (Å²) in [5.74, 6) is 0.327. The number of carbonyl (C=O) groups is 1. The van der Waals surface area contributed by atoms with Gasteiger partial charge in [0.15, 0.2) is 5.75 Å². The molecule has 4 nitrogen and oxygen atoms in total. The molecule has 0 saturated heterocycles. The number of pyridine rings is 1. The van der Waals surface area contributed by atoms with Crippen LogP contribution in [0.4, 0.5) is 0 Å². The summed E-state index contributed by atoms with van der Waals surface area (Å²) >= 11 is 3.23. The predicted molar refractivity (Wildman–Crippen MR) is 54.2 cm³/mol. The van der Waals surface area contributed by atoms with Crippen molar-refractivity contribution >= 4 is 21.9 Å². The van der Waals surface area contributed by atoms with Crippen LogP contribution in [0.25, 0.3) is 0 Å². The molecule has 0 N–H and O–H groups in total. The maximum absolute atomic E-state index is 10.9. The number of aromatic nitrogens is 1. The Labute approximate surface area is 90.4 Å². The van der Waals surface area contributed by atoms with E-state index in [2.05, 4.69) is 25.7 Å². The van der Waals surface area contributed by atoms with E-state index >= 15 is 0 Å². The van der Waals surface area contributed by atoms with Gasteiger partial charge < -0.3 is 9.47 Å². The Bertz CT molecular complexity index is 341. The Hall–Kier alpha value is -1.10. The summed E-state index contributed by atoms with van der Waals surface area (Å²) in [5, 5.41) is 0. The lowest BCUT2D eigenvalue weighted by Gasteiger charge is -2.04. The minimum absolute atomic E-state index is 0.166. The highest BCUT2D eigenvalue weighted by atomic mass is 79.9. The van der Waals surface area contributed by atoms with Gasteiger partial charge in [-0.2, -0.15) is 0 Å². The predicted octanol–water partition coefficient (Wildman–Crippen LogP) is 1.57. The molecule has 0 amide bonds. The molecule has 0 aliphatic rings. The quantitative estimate of drug-likeness (QED) is 0.611. The molecule has 76 valence electrons. The zero-order chi connectivity index (χ0) is 10.6. The van der Waals surface area contributed by atoms with Crippen LogP contribution in [0.1, 0.15) is 5.69 Å². The summed E-state index contributed by atoms with van der Waals surface area (Å²) < 4.78 is 10.1. The van der Waals surface area contributed by atoms with Gasteiger partial charge in [-0.3, -0.25) is 4.79 Å². The first-order valence-corrected chi connectivity index (χ1v) is 4.73. The first-order chi connectivity index (χ1) is 6.67. The van der Waals surface area contributed by atoms with Crippen molar-refractivity contribution in [2.24, 2.45) is 0 Å². The zero-order valence-electron chi connectivity index (χ0n) is 7.91.